The Balaban J connectivity index is 1.80. The summed E-state index contributed by atoms with van der Waals surface area (Å²) in [6.45, 7) is 4.49. The van der Waals surface area contributed by atoms with Crippen molar-refractivity contribution < 1.29 is 4.79 Å². The van der Waals surface area contributed by atoms with Gasteiger partial charge < -0.3 is 5.32 Å². The number of halogens is 1. The molecule has 0 aliphatic rings. The molecule has 0 fully saturated rings. The number of anilines is 1. The molecule has 5 heteroatoms. The Kier molecular flexibility index (Phi) is 4.69. The van der Waals surface area contributed by atoms with Crippen molar-refractivity contribution in [2.24, 2.45) is 0 Å². The number of carbonyl (C=O) groups excluding carboxylic acids is 1. The largest absolute Gasteiger partial charge is 0.385 e. The molecular formula is C15H18ClN3O. The standard InChI is InChI=1S/C15H18ClN3O/c1-11-3-4-12(2)19(11)18-15(20)9-10-17-14-7-5-13(16)6-8-14/h3-8,17H,9-10H2,1-2H3,(H,18,20). The van der Waals surface area contributed by atoms with Crippen molar-refractivity contribution in [1.82, 2.24) is 4.68 Å². The predicted molar refractivity (Wildman–Crippen MR) is 82.8 cm³/mol. The highest BCUT2D eigenvalue weighted by molar-refractivity contribution is 6.30. The van der Waals surface area contributed by atoms with Crippen LogP contribution in [0.15, 0.2) is 36.4 Å². The van der Waals surface area contributed by atoms with Gasteiger partial charge in [-0.25, -0.2) is 0 Å². The molecule has 0 atom stereocenters. The zero-order valence-corrected chi connectivity index (χ0v) is 12.4. The van der Waals surface area contributed by atoms with Crippen LogP contribution in [0.5, 0.6) is 0 Å². The average Bonchev–Trinajstić information content (AvgIpc) is 2.73. The third-order valence-electron chi connectivity index (χ3n) is 3.03. The fourth-order valence-electron chi connectivity index (χ4n) is 1.91. The van der Waals surface area contributed by atoms with E-state index in [9.17, 15) is 4.79 Å². The Hall–Kier alpha value is -1.94. The number of amides is 1. The fraction of sp³-hybridized carbons (Fsp3) is 0.267. The summed E-state index contributed by atoms with van der Waals surface area (Å²) in [6, 6.07) is 11.4. The number of nitrogens with one attached hydrogen (secondary N) is 2. The summed E-state index contributed by atoms with van der Waals surface area (Å²) in [4.78, 5) is 11.9. The highest BCUT2D eigenvalue weighted by Crippen LogP contribution is 2.13. The van der Waals surface area contributed by atoms with Crippen LogP contribution in [0.3, 0.4) is 0 Å². The van der Waals surface area contributed by atoms with Gasteiger partial charge in [-0.05, 0) is 50.2 Å². The Morgan fingerprint density at radius 3 is 2.30 bits per heavy atom. The molecule has 2 aromatic rings. The number of rotatable bonds is 5. The van der Waals surface area contributed by atoms with Gasteiger partial charge in [0.05, 0.1) is 0 Å². The van der Waals surface area contributed by atoms with Gasteiger partial charge in [0.25, 0.3) is 0 Å². The normalized spacial score (nSPS) is 10.3. The van der Waals surface area contributed by atoms with Crippen LogP contribution in [0.25, 0.3) is 0 Å². The van der Waals surface area contributed by atoms with E-state index < -0.39 is 0 Å². The number of hydrogen-bond acceptors (Lipinski definition) is 2. The van der Waals surface area contributed by atoms with Crippen molar-refractivity contribution in [3.05, 3.63) is 52.8 Å². The minimum absolute atomic E-state index is 0.0196. The first kappa shape index (κ1) is 14.5. The molecule has 4 nitrogen and oxygen atoms in total. The molecule has 0 aliphatic carbocycles. The molecule has 0 radical (unpaired) electrons. The van der Waals surface area contributed by atoms with Crippen molar-refractivity contribution in [2.75, 3.05) is 17.3 Å². The number of nitrogens with zero attached hydrogens (tertiary/aromatic N) is 1. The molecule has 106 valence electrons. The van der Waals surface area contributed by atoms with E-state index >= 15 is 0 Å². The van der Waals surface area contributed by atoms with E-state index in [1.165, 1.54) is 0 Å². The number of benzene rings is 1. The number of aryl methyl sites for hydroxylation is 2. The maximum atomic E-state index is 11.9. The lowest BCUT2D eigenvalue weighted by molar-refractivity contribution is -0.116. The minimum Gasteiger partial charge on any atom is -0.385 e. The topological polar surface area (TPSA) is 46.1 Å². The molecule has 0 spiro atoms. The summed E-state index contributed by atoms with van der Waals surface area (Å²) in [5, 5.41) is 3.88. The van der Waals surface area contributed by atoms with Gasteiger partial charge in [-0.2, -0.15) is 0 Å². The van der Waals surface area contributed by atoms with E-state index in [2.05, 4.69) is 10.7 Å². The zero-order valence-electron chi connectivity index (χ0n) is 11.6. The predicted octanol–water partition coefficient (Wildman–Crippen LogP) is 3.33. The molecule has 0 aliphatic heterocycles. The minimum atomic E-state index is -0.0196. The molecule has 1 aromatic carbocycles. The Morgan fingerprint density at radius 1 is 1.10 bits per heavy atom. The zero-order chi connectivity index (χ0) is 14.5. The Labute approximate surface area is 123 Å². The van der Waals surface area contributed by atoms with Gasteiger partial charge in [0.1, 0.15) is 0 Å². The number of hydrogen-bond donors (Lipinski definition) is 2. The monoisotopic (exact) mass is 291 g/mol. The quantitative estimate of drug-likeness (QED) is 0.887. The first-order valence-corrected chi connectivity index (χ1v) is 6.88. The SMILES string of the molecule is Cc1ccc(C)n1NC(=O)CCNc1ccc(Cl)cc1. The van der Waals surface area contributed by atoms with Crippen LogP contribution in [0.2, 0.25) is 5.02 Å². The maximum absolute atomic E-state index is 11.9. The molecule has 0 unspecified atom stereocenters. The van der Waals surface area contributed by atoms with E-state index in [0.29, 0.717) is 18.0 Å². The average molecular weight is 292 g/mol. The summed E-state index contributed by atoms with van der Waals surface area (Å²) < 4.78 is 1.80. The Bertz CT molecular complexity index is 570. The first-order chi connectivity index (χ1) is 9.56. The summed E-state index contributed by atoms with van der Waals surface area (Å²) in [7, 11) is 0. The van der Waals surface area contributed by atoms with Crippen molar-refractivity contribution >= 4 is 23.2 Å². The second-order valence-corrected chi connectivity index (χ2v) is 5.11. The van der Waals surface area contributed by atoms with E-state index in [1.54, 1.807) is 4.68 Å². The maximum Gasteiger partial charge on any atom is 0.240 e. The van der Waals surface area contributed by atoms with Crippen LogP contribution >= 0.6 is 11.6 Å². The van der Waals surface area contributed by atoms with Gasteiger partial charge >= 0.3 is 0 Å². The van der Waals surface area contributed by atoms with Crippen molar-refractivity contribution in [1.29, 1.82) is 0 Å². The van der Waals surface area contributed by atoms with Crippen LogP contribution in [0, 0.1) is 13.8 Å². The molecule has 2 rings (SSSR count). The van der Waals surface area contributed by atoms with Crippen LogP contribution in [-0.4, -0.2) is 17.1 Å². The van der Waals surface area contributed by atoms with Crippen LogP contribution < -0.4 is 10.7 Å². The molecule has 1 aromatic heterocycles. The third kappa shape index (κ3) is 3.78. The fourth-order valence-corrected chi connectivity index (χ4v) is 2.04. The van der Waals surface area contributed by atoms with Crippen LogP contribution in [0.1, 0.15) is 17.8 Å². The van der Waals surface area contributed by atoms with E-state index in [0.717, 1.165) is 17.1 Å². The van der Waals surface area contributed by atoms with Crippen molar-refractivity contribution in [3.63, 3.8) is 0 Å². The summed E-state index contributed by atoms with van der Waals surface area (Å²) >= 11 is 5.81. The molecule has 2 N–H and O–H groups in total. The van der Waals surface area contributed by atoms with Crippen molar-refractivity contribution in [2.45, 2.75) is 20.3 Å². The molecule has 0 bridgehead atoms. The molecule has 0 saturated carbocycles. The highest BCUT2D eigenvalue weighted by atomic mass is 35.5. The second-order valence-electron chi connectivity index (χ2n) is 4.67. The number of aromatic nitrogens is 1. The molecule has 20 heavy (non-hydrogen) atoms. The van der Waals surface area contributed by atoms with E-state index in [-0.39, 0.29) is 5.91 Å². The first-order valence-electron chi connectivity index (χ1n) is 6.50. The van der Waals surface area contributed by atoms with E-state index in [4.69, 9.17) is 11.6 Å². The van der Waals surface area contributed by atoms with Gasteiger partial charge in [0.2, 0.25) is 5.91 Å². The molecular weight excluding hydrogens is 274 g/mol. The van der Waals surface area contributed by atoms with E-state index in [1.807, 2.05) is 50.2 Å². The summed E-state index contributed by atoms with van der Waals surface area (Å²) in [5.74, 6) is -0.0196. The second kappa shape index (κ2) is 6.48. The summed E-state index contributed by atoms with van der Waals surface area (Å²) in [6.07, 6.45) is 0.402. The number of carbonyl (C=O) groups is 1. The lowest BCUT2D eigenvalue weighted by Crippen LogP contribution is -2.26. The van der Waals surface area contributed by atoms with Gasteiger partial charge in [0.15, 0.2) is 0 Å². The lowest BCUT2D eigenvalue weighted by atomic mass is 10.3. The van der Waals surface area contributed by atoms with Gasteiger partial charge in [-0.1, -0.05) is 11.6 Å². The van der Waals surface area contributed by atoms with Crippen molar-refractivity contribution in [3.8, 4) is 0 Å². The molecule has 1 amide bonds. The molecule has 1 heterocycles. The van der Waals surface area contributed by atoms with Crippen LogP contribution in [0.4, 0.5) is 5.69 Å². The smallest absolute Gasteiger partial charge is 0.240 e. The van der Waals surface area contributed by atoms with Gasteiger partial charge in [-0.15, -0.1) is 0 Å². The summed E-state index contributed by atoms with van der Waals surface area (Å²) in [5.41, 5.74) is 5.86. The molecule has 0 saturated heterocycles. The van der Waals surface area contributed by atoms with Gasteiger partial charge in [-0.3, -0.25) is 14.9 Å². The Morgan fingerprint density at radius 2 is 1.70 bits per heavy atom. The van der Waals surface area contributed by atoms with Crippen LogP contribution in [-0.2, 0) is 4.79 Å². The van der Waals surface area contributed by atoms with Gasteiger partial charge in [0, 0.05) is 35.1 Å². The highest BCUT2D eigenvalue weighted by Gasteiger charge is 2.05. The third-order valence-corrected chi connectivity index (χ3v) is 3.29. The lowest BCUT2D eigenvalue weighted by Gasteiger charge is -2.11.